The van der Waals surface area contributed by atoms with E-state index in [-0.39, 0.29) is 18.1 Å². The molecule has 0 unspecified atom stereocenters. The molecule has 2 N–H and O–H groups in total. The van der Waals surface area contributed by atoms with Crippen LogP contribution in [0.4, 0.5) is 11.6 Å². The molecule has 3 aliphatic carbocycles. The maximum absolute atomic E-state index is 13.6. The minimum atomic E-state index is -0.598. The van der Waals surface area contributed by atoms with Crippen molar-refractivity contribution >= 4 is 23.3 Å². The number of aryl methyl sites for hydroxylation is 1. The number of hydrogen-bond acceptors (Lipinski definition) is 10. The van der Waals surface area contributed by atoms with E-state index in [0.29, 0.717) is 68.7 Å². The number of rotatable bonds is 13. The highest BCUT2D eigenvalue weighted by atomic mass is 16.5. The summed E-state index contributed by atoms with van der Waals surface area (Å²) in [7, 11) is 0. The van der Waals surface area contributed by atoms with Gasteiger partial charge in [0.2, 0.25) is 5.91 Å². The van der Waals surface area contributed by atoms with E-state index in [1.54, 1.807) is 0 Å². The molecular weight excluding hydrogens is 620 g/mol. The summed E-state index contributed by atoms with van der Waals surface area (Å²) in [6, 6.07) is 10.4. The number of aromatic nitrogens is 2. The molecule has 4 fully saturated rings. The fourth-order valence-electron chi connectivity index (χ4n) is 7.82. The number of oxazole rings is 1. The topological polar surface area (TPSA) is 124 Å². The Kier molecular flexibility index (Phi) is 8.82. The van der Waals surface area contributed by atoms with Crippen LogP contribution in [-0.2, 0) is 24.4 Å². The monoisotopic (exact) mass is 668 g/mol. The molecule has 1 spiro atoms. The molecule has 1 amide bonds. The number of Topliss-reactive ketones (excluding diaryl/α,β-unsaturated/α-hetero) is 1. The number of hydrogen-bond donors (Lipinski definition) is 2. The zero-order valence-corrected chi connectivity index (χ0v) is 28.5. The zero-order valence-electron chi connectivity index (χ0n) is 28.5. The van der Waals surface area contributed by atoms with E-state index in [1.807, 2.05) is 30.0 Å². The third-order valence-corrected chi connectivity index (χ3v) is 11.3. The molecule has 3 aromatic rings. The summed E-state index contributed by atoms with van der Waals surface area (Å²) in [6.45, 7) is 7.18. The van der Waals surface area contributed by atoms with Crippen molar-refractivity contribution in [2.24, 2.45) is 11.3 Å². The van der Waals surface area contributed by atoms with Crippen molar-refractivity contribution < 1.29 is 23.8 Å². The molecule has 260 valence electrons. The van der Waals surface area contributed by atoms with Crippen molar-refractivity contribution in [2.45, 2.75) is 90.0 Å². The lowest BCUT2D eigenvalue weighted by Crippen LogP contribution is -2.49. The average molecular weight is 669 g/mol. The Bertz CT molecular complexity index is 1680. The van der Waals surface area contributed by atoms with E-state index >= 15 is 0 Å². The van der Waals surface area contributed by atoms with E-state index < -0.39 is 6.10 Å². The second-order valence-corrected chi connectivity index (χ2v) is 15.1. The number of nitrogens with zero attached hydrogens (tertiary/aromatic N) is 5. The quantitative estimate of drug-likeness (QED) is 0.247. The van der Waals surface area contributed by atoms with E-state index in [1.165, 1.54) is 43.2 Å². The lowest BCUT2D eigenvalue weighted by Gasteiger charge is -2.38. The Morgan fingerprint density at radius 1 is 1.08 bits per heavy atom. The number of amides is 1. The molecule has 49 heavy (non-hydrogen) atoms. The Balaban J connectivity index is 0.854. The third-order valence-electron chi connectivity index (χ3n) is 11.3. The summed E-state index contributed by atoms with van der Waals surface area (Å²) in [6.07, 6.45) is 9.45. The summed E-state index contributed by atoms with van der Waals surface area (Å²) in [4.78, 5) is 41.7. The number of ether oxygens (including phenoxy) is 1. The molecule has 4 heterocycles. The molecule has 2 aliphatic heterocycles. The molecule has 8 rings (SSSR count). The molecule has 0 radical (unpaired) electrons. The van der Waals surface area contributed by atoms with Gasteiger partial charge in [-0.2, -0.15) is 0 Å². The maximum atomic E-state index is 13.6. The van der Waals surface area contributed by atoms with Crippen molar-refractivity contribution in [3.8, 4) is 5.75 Å². The second kappa shape index (κ2) is 13.4. The molecule has 5 aliphatic rings. The molecule has 2 aromatic heterocycles. The molecule has 11 heteroatoms. The van der Waals surface area contributed by atoms with Gasteiger partial charge in [0, 0.05) is 69.8 Å². The van der Waals surface area contributed by atoms with Crippen LogP contribution in [0.1, 0.15) is 84.3 Å². The normalized spacial score (nSPS) is 20.9. The van der Waals surface area contributed by atoms with Crippen molar-refractivity contribution in [2.75, 3.05) is 49.5 Å². The number of aliphatic hydroxyl groups is 1. The summed E-state index contributed by atoms with van der Waals surface area (Å²) in [5.74, 6) is 3.64. The second-order valence-electron chi connectivity index (χ2n) is 15.1. The van der Waals surface area contributed by atoms with E-state index in [2.05, 4.69) is 32.2 Å². The Labute approximate surface area is 288 Å². The summed E-state index contributed by atoms with van der Waals surface area (Å²) >= 11 is 0. The van der Waals surface area contributed by atoms with Crippen molar-refractivity contribution in [1.82, 2.24) is 19.8 Å². The zero-order chi connectivity index (χ0) is 33.5. The summed E-state index contributed by atoms with van der Waals surface area (Å²) in [5.41, 5.74) is 4.54. The van der Waals surface area contributed by atoms with Gasteiger partial charge in [-0.1, -0.05) is 6.07 Å². The van der Waals surface area contributed by atoms with Crippen LogP contribution in [0.5, 0.6) is 5.75 Å². The van der Waals surface area contributed by atoms with Gasteiger partial charge >= 0.3 is 0 Å². The van der Waals surface area contributed by atoms with Crippen LogP contribution in [0.25, 0.3) is 0 Å². The van der Waals surface area contributed by atoms with Gasteiger partial charge in [-0.15, -0.1) is 0 Å². The molecular formula is C38H48N6O5. The largest absolute Gasteiger partial charge is 0.486 e. The fraction of sp³-hybridized carbons (Fsp3) is 0.579. The van der Waals surface area contributed by atoms with Crippen LogP contribution in [0.2, 0.25) is 0 Å². The number of carbonyl (C=O) groups excluding carboxylic acids is 2. The Hall–Kier alpha value is -3.96. The highest BCUT2D eigenvalue weighted by Gasteiger charge is 2.53. The molecule has 1 aromatic carbocycles. The van der Waals surface area contributed by atoms with Crippen molar-refractivity contribution in [1.29, 1.82) is 0 Å². The Morgan fingerprint density at radius 3 is 2.63 bits per heavy atom. The van der Waals surface area contributed by atoms with Crippen LogP contribution < -0.4 is 15.0 Å². The van der Waals surface area contributed by atoms with Crippen LogP contribution in [-0.4, -0.2) is 88.0 Å². The average Bonchev–Trinajstić information content (AvgIpc) is 4.04. The van der Waals surface area contributed by atoms with Gasteiger partial charge in [-0.05, 0) is 99.1 Å². The molecule has 3 saturated carbocycles. The predicted molar refractivity (Wildman–Crippen MR) is 185 cm³/mol. The van der Waals surface area contributed by atoms with Crippen LogP contribution in [0.15, 0.2) is 41.1 Å². The van der Waals surface area contributed by atoms with Crippen LogP contribution in [0.3, 0.4) is 0 Å². The number of aliphatic hydroxyl groups excluding tert-OH is 1. The lowest BCUT2D eigenvalue weighted by molar-refractivity contribution is -0.132. The number of nitrogens with one attached hydrogen (secondary N) is 1. The number of benzene rings is 1. The van der Waals surface area contributed by atoms with Gasteiger partial charge in [0.1, 0.15) is 24.0 Å². The number of pyridine rings is 1. The smallest absolute Gasteiger partial charge is 0.225 e. The number of anilines is 2. The van der Waals surface area contributed by atoms with Gasteiger partial charge in [-0.25, -0.2) is 9.97 Å². The van der Waals surface area contributed by atoms with Crippen LogP contribution >= 0.6 is 0 Å². The highest BCUT2D eigenvalue weighted by molar-refractivity contribution is 5.97. The van der Waals surface area contributed by atoms with E-state index in [4.69, 9.17) is 14.1 Å². The first-order chi connectivity index (χ1) is 23.8. The van der Waals surface area contributed by atoms with Gasteiger partial charge < -0.3 is 29.4 Å². The number of β-amino-alcohol motifs (C(OH)–C–C–N with tert-alkyl or cyclic N) is 1. The number of ketones is 1. The van der Waals surface area contributed by atoms with Gasteiger partial charge in [0.05, 0.1) is 11.8 Å². The van der Waals surface area contributed by atoms with Crippen molar-refractivity contribution in [3.63, 3.8) is 0 Å². The molecule has 0 bridgehead atoms. The first kappa shape index (κ1) is 32.3. The van der Waals surface area contributed by atoms with Gasteiger partial charge in [0.25, 0.3) is 0 Å². The standard InChI is InChI=1S/C38H48N6O5/c1-25-34(49-24-39-25)23-48-32-6-4-28-21-42(11-8-27(28)16-32)22-31(45)5-7-33(46)29-17-35(40-30-19-38(20-30)9-10-38)41-36(18-29)43-12-14-44(15-13-43)37(47)26-2-3-26/h4,6,16-18,24,26,30-31,45H,2-3,5,7-15,19-23H2,1H3,(H,40,41)/t31-/m0/s1. The highest BCUT2D eigenvalue weighted by Crippen LogP contribution is 2.61. The minimum Gasteiger partial charge on any atom is -0.486 e. The summed E-state index contributed by atoms with van der Waals surface area (Å²) in [5, 5.41) is 14.6. The van der Waals surface area contributed by atoms with Gasteiger partial charge in [-0.3, -0.25) is 14.5 Å². The van der Waals surface area contributed by atoms with Gasteiger partial charge in [0.15, 0.2) is 17.9 Å². The molecule has 11 nitrogen and oxygen atoms in total. The molecule has 1 atom stereocenters. The first-order valence-corrected chi connectivity index (χ1v) is 18.2. The molecule has 1 saturated heterocycles. The fourth-order valence-corrected chi connectivity index (χ4v) is 7.82. The first-order valence-electron chi connectivity index (χ1n) is 18.2. The number of piperazine rings is 1. The summed E-state index contributed by atoms with van der Waals surface area (Å²) < 4.78 is 11.3. The van der Waals surface area contributed by atoms with E-state index in [0.717, 1.165) is 61.2 Å². The number of carbonyl (C=O) groups is 2. The van der Waals surface area contributed by atoms with Crippen molar-refractivity contribution in [3.05, 3.63) is 64.9 Å². The number of fused-ring (bicyclic) bond motifs is 1. The van der Waals surface area contributed by atoms with E-state index in [9.17, 15) is 14.7 Å². The SMILES string of the molecule is Cc1ncoc1COc1ccc2c(c1)CCN(C[C@@H](O)CCC(=O)c1cc(NC3CC4(CC4)C3)nc(N3CCN(C(=O)C4CC4)CC3)c1)C2. The maximum Gasteiger partial charge on any atom is 0.225 e. The predicted octanol–water partition coefficient (Wildman–Crippen LogP) is 4.75. The third kappa shape index (κ3) is 7.48. The Morgan fingerprint density at radius 2 is 1.90 bits per heavy atom. The lowest BCUT2D eigenvalue weighted by atomic mass is 9.77. The van der Waals surface area contributed by atoms with Crippen LogP contribution in [0, 0.1) is 18.3 Å². The minimum absolute atomic E-state index is 0.0256.